The first-order chi connectivity index (χ1) is 4.74. The second-order valence-electron chi connectivity index (χ2n) is 2.83. The maximum absolute atomic E-state index is 5.25. The van der Waals surface area contributed by atoms with Crippen LogP contribution >= 0.6 is 0 Å². The minimum atomic E-state index is 0.282. The zero-order valence-electron chi connectivity index (χ0n) is 6.79. The van der Waals surface area contributed by atoms with Crippen molar-refractivity contribution in [3.05, 3.63) is 23.8 Å². The van der Waals surface area contributed by atoms with Crippen molar-refractivity contribution in [3.8, 4) is 0 Å². The van der Waals surface area contributed by atoms with Crippen molar-refractivity contribution in [3.63, 3.8) is 0 Å². The molecule has 0 radical (unpaired) electrons. The molecule has 2 unspecified atom stereocenters. The molecule has 0 fully saturated rings. The lowest BCUT2D eigenvalue weighted by atomic mass is 9.96. The highest BCUT2D eigenvalue weighted by Gasteiger charge is 2.13. The molecule has 0 saturated carbocycles. The largest absolute Gasteiger partial charge is 0.377 e. The van der Waals surface area contributed by atoms with E-state index in [1.54, 1.807) is 7.11 Å². The van der Waals surface area contributed by atoms with Crippen LogP contribution in [0.5, 0.6) is 0 Å². The lowest BCUT2D eigenvalue weighted by Gasteiger charge is -2.20. The summed E-state index contributed by atoms with van der Waals surface area (Å²) >= 11 is 0. The Morgan fingerprint density at radius 3 is 2.70 bits per heavy atom. The van der Waals surface area contributed by atoms with E-state index in [2.05, 4.69) is 32.1 Å². The average molecular weight is 138 g/mol. The van der Waals surface area contributed by atoms with Gasteiger partial charge in [0.1, 0.15) is 0 Å². The molecule has 0 aromatic rings. The Hall–Kier alpha value is -0.560. The molecule has 56 valence electrons. The summed E-state index contributed by atoms with van der Waals surface area (Å²) in [6, 6.07) is 0. The quantitative estimate of drug-likeness (QED) is 0.539. The van der Waals surface area contributed by atoms with Crippen molar-refractivity contribution < 1.29 is 4.74 Å². The number of hydrogen-bond acceptors (Lipinski definition) is 1. The molecule has 0 N–H and O–H groups in total. The molecule has 0 amide bonds. The first-order valence-electron chi connectivity index (χ1n) is 3.63. The molecule has 0 aliphatic heterocycles. The van der Waals surface area contributed by atoms with Gasteiger partial charge < -0.3 is 4.74 Å². The van der Waals surface area contributed by atoms with Crippen molar-refractivity contribution in [2.45, 2.75) is 20.0 Å². The van der Waals surface area contributed by atoms with E-state index in [9.17, 15) is 0 Å². The van der Waals surface area contributed by atoms with Crippen LogP contribution in [0.4, 0.5) is 0 Å². The van der Waals surface area contributed by atoms with Gasteiger partial charge in [-0.2, -0.15) is 0 Å². The molecule has 0 aromatic heterocycles. The van der Waals surface area contributed by atoms with Crippen LogP contribution < -0.4 is 0 Å². The molecule has 0 heterocycles. The fourth-order valence-electron chi connectivity index (χ4n) is 1.16. The van der Waals surface area contributed by atoms with Crippen LogP contribution in [-0.4, -0.2) is 13.2 Å². The van der Waals surface area contributed by atoms with E-state index in [-0.39, 0.29) is 6.10 Å². The number of rotatable bonds is 1. The Balaban J connectivity index is 2.67. The standard InChI is InChI=1S/C9H14O/c1-7-4-5-8(2)9(6-7)10-3/h4-6,8-9H,1-3H3. The van der Waals surface area contributed by atoms with Gasteiger partial charge in [-0.05, 0) is 6.92 Å². The van der Waals surface area contributed by atoms with Crippen molar-refractivity contribution in [1.82, 2.24) is 0 Å². The van der Waals surface area contributed by atoms with Gasteiger partial charge in [-0.25, -0.2) is 0 Å². The van der Waals surface area contributed by atoms with Crippen molar-refractivity contribution in [2.24, 2.45) is 5.92 Å². The van der Waals surface area contributed by atoms with Gasteiger partial charge in [-0.15, -0.1) is 0 Å². The van der Waals surface area contributed by atoms with Gasteiger partial charge in [0.2, 0.25) is 0 Å². The number of hydrogen-bond donors (Lipinski definition) is 0. The summed E-state index contributed by atoms with van der Waals surface area (Å²) in [6.45, 7) is 4.25. The van der Waals surface area contributed by atoms with Crippen LogP contribution in [0.2, 0.25) is 0 Å². The van der Waals surface area contributed by atoms with Gasteiger partial charge in [0.05, 0.1) is 6.10 Å². The Labute approximate surface area is 62.4 Å². The van der Waals surface area contributed by atoms with Gasteiger partial charge in [0, 0.05) is 13.0 Å². The summed E-state index contributed by atoms with van der Waals surface area (Å²) in [6.07, 6.45) is 6.76. The molecule has 10 heavy (non-hydrogen) atoms. The lowest BCUT2D eigenvalue weighted by Crippen LogP contribution is -2.18. The summed E-state index contributed by atoms with van der Waals surface area (Å²) in [5.41, 5.74) is 1.30. The van der Waals surface area contributed by atoms with Crippen LogP contribution in [0.1, 0.15) is 13.8 Å². The van der Waals surface area contributed by atoms with Gasteiger partial charge in [-0.1, -0.05) is 30.7 Å². The SMILES string of the molecule is COC1C=C(C)C=CC1C. The van der Waals surface area contributed by atoms with E-state index in [0.717, 1.165) is 0 Å². The Kier molecular flexibility index (Phi) is 2.28. The van der Waals surface area contributed by atoms with E-state index in [0.29, 0.717) is 5.92 Å². The topological polar surface area (TPSA) is 9.23 Å². The lowest BCUT2D eigenvalue weighted by molar-refractivity contribution is 0.111. The van der Waals surface area contributed by atoms with Gasteiger partial charge in [0.15, 0.2) is 0 Å². The zero-order chi connectivity index (χ0) is 7.56. The Bertz CT molecular complexity index is 168. The van der Waals surface area contributed by atoms with Crippen LogP contribution in [0.25, 0.3) is 0 Å². The van der Waals surface area contributed by atoms with Crippen LogP contribution in [0, 0.1) is 5.92 Å². The van der Waals surface area contributed by atoms with Crippen LogP contribution in [-0.2, 0) is 4.74 Å². The molecule has 1 aliphatic rings. The number of methoxy groups -OCH3 is 1. The van der Waals surface area contributed by atoms with E-state index in [4.69, 9.17) is 4.74 Å². The average Bonchev–Trinajstić information content (AvgIpc) is 1.94. The number of allylic oxidation sites excluding steroid dienone is 2. The number of ether oxygens (including phenoxy) is 1. The molecule has 2 atom stereocenters. The molecule has 1 nitrogen and oxygen atoms in total. The van der Waals surface area contributed by atoms with Crippen LogP contribution in [0.3, 0.4) is 0 Å². The fraction of sp³-hybridized carbons (Fsp3) is 0.556. The predicted molar refractivity (Wildman–Crippen MR) is 42.9 cm³/mol. The molecule has 1 rings (SSSR count). The third-order valence-corrected chi connectivity index (χ3v) is 1.88. The molecule has 0 saturated heterocycles. The van der Waals surface area contributed by atoms with Crippen LogP contribution in [0.15, 0.2) is 23.8 Å². The first-order valence-corrected chi connectivity index (χ1v) is 3.63. The smallest absolute Gasteiger partial charge is 0.0817 e. The highest BCUT2D eigenvalue weighted by Crippen LogP contribution is 2.17. The highest BCUT2D eigenvalue weighted by molar-refractivity contribution is 5.24. The summed E-state index contributed by atoms with van der Waals surface area (Å²) in [4.78, 5) is 0. The third kappa shape index (κ3) is 1.48. The van der Waals surface area contributed by atoms with Gasteiger partial charge in [-0.3, -0.25) is 0 Å². The minimum absolute atomic E-state index is 0.282. The molecule has 0 bridgehead atoms. The molecule has 1 heteroatoms. The second kappa shape index (κ2) is 3.02. The summed E-state index contributed by atoms with van der Waals surface area (Å²) < 4.78 is 5.25. The van der Waals surface area contributed by atoms with E-state index in [1.807, 2.05) is 0 Å². The zero-order valence-corrected chi connectivity index (χ0v) is 6.79. The molecule has 1 aliphatic carbocycles. The summed E-state index contributed by atoms with van der Waals surface area (Å²) in [5, 5.41) is 0. The van der Waals surface area contributed by atoms with Gasteiger partial charge in [0.25, 0.3) is 0 Å². The molecule has 0 aromatic carbocycles. The molecular formula is C9H14O. The monoisotopic (exact) mass is 138 g/mol. The minimum Gasteiger partial charge on any atom is -0.377 e. The van der Waals surface area contributed by atoms with Gasteiger partial charge >= 0.3 is 0 Å². The highest BCUT2D eigenvalue weighted by atomic mass is 16.5. The third-order valence-electron chi connectivity index (χ3n) is 1.88. The normalized spacial score (nSPS) is 32.1. The van der Waals surface area contributed by atoms with E-state index >= 15 is 0 Å². The summed E-state index contributed by atoms with van der Waals surface area (Å²) in [7, 11) is 1.75. The van der Waals surface area contributed by atoms with E-state index < -0.39 is 0 Å². The first kappa shape index (κ1) is 7.55. The van der Waals surface area contributed by atoms with Crippen molar-refractivity contribution in [1.29, 1.82) is 0 Å². The maximum Gasteiger partial charge on any atom is 0.0817 e. The molecule has 0 spiro atoms. The van der Waals surface area contributed by atoms with E-state index in [1.165, 1.54) is 5.57 Å². The Morgan fingerprint density at radius 2 is 2.20 bits per heavy atom. The second-order valence-corrected chi connectivity index (χ2v) is 2.83. The summed E-state index contributed by atoms with van der Waals surface area (Å²) in [5.74, 6) is 0.522. The molecular weight excluding hydrogens is 124 g/mol. The predicted octanol–water partition coefficient (Wildman–Crippen LogP) is 2.15. The maximum atomic E-state index is 5.25. The van der Waals surface area contributed by atoms with Crippen molar-refractivity contribution >= 4 is 0 Å². The Morgan fingerprint density at radius 1 is 1.50 bits per heavy atom. The van der Waals surface area contributed by atoms with Crippen molar-refractivity contribution in [2.75, 3.05) is 7.11 Å². The fourth-order valence-corrected chi connectivity index (χ4v) is 1.16.